The zero-order chi connectivity index (χ0) is 27.7. The van der Waals surface area contributed by atoms with Crippen LogP contribution in [0.1, 0.15) is 64.2 Å². The van der Waals surface area contributed by atoms with E-state index >= 15 is 0 Å². The van der Waals surface area contributed by atoms with Crippen LogP contribution in [0.4, 0.5) is 0 Å². The molecular formula is C28H24N2O8. The minimum atomic E-state index is -1.24. The molecule has 0 unspecified atom stereocenters. The number of carboxylic acid groups (broad SMARTS) is 3. The zero-order valence-corrected chi connectivity index (χ0v) is 20.8. The molecule has 0 bridgehead atoms. The van der Waals surface area contributed by atoms with Crippen LogP contribution in [0.15, 0.2) is 60.7 Å². The maximum absolute atomic E-state index is 13.0. The summed E-state index contributed by atoms with van der Waals surface area (Å²) in [5, 5.41) is 28.7. The van der Waals surface area contributed by atoms with Crippen molar-refractivity contribution in [2.75, 3.05) is 0 Å². The highest BCUT2D eigenvalue weighted by molar-refractivity contribution is 5.97. The Balaban J connectivity index is 1.68. The molecule has 0 amide bonds. The number of aromatic nitrogens is 2. The molecule has 0 atom stereocenters. The van der Waals surface area contributed by atoms with E-state index in [1.807, 2.05) is 26.0 Å². The minimum Gasteiger partial charge on any atom is -0.478 e. The van der Waals surface area contributed by atoms with E-state index in [0.29, 0.717) is 17.1 Å². The third-order valence-electron chi connectivity index (χ3n) is 6.20. The number of aryl methyl sites for hydroxylation is 3. The van der Waals surface area contributed by atoms with E-state index in [2.05, 4.69) is 0 Å². The van der Waals surface area contributed by atoms with Gasteiger partial charge < -0.3 is 29.2 Å². The van der Waals surface area contributed by atoms with Crippen LogP contribution < -0.4 is 0 Å². The molecule has 194 valence electrons. The summed E-state index contributed by atoms with van der Waals surface area (Å²) in [5.74, 6) is -4.31. The van der Waals surface area contributed by atoms with Gasteiger partial charge in [-0.1, -0.05) is 0 Å². The molecule has 0 radical (unpaired) electrons. The van der Waals surface area contributed by atoms with Gasteiger partial charge in [0.05, 0.1) is 39.3 Å². The molecular weight excluding hydrogens is 492 g/mol. The fourth-order valence-corrected chi connectivity index (χ4v) is 4.38. The average Bonchev–Trinajstić information content (AvgIpc) is 3.41. The van der Waals surface area contributed by atoms with Crippen LogP contribution in [0.3, 0.4) is 0 Å². The molecule has 2 aromatic heterocycles. The molecule has 0 aliphatic heterocycles. The van der Waals surface area contributed by atoms with Crippen molar-refractivity contribution < 1.29 is 39.2 Å². The number of ether oxygens (including phenoxy) is 1. The van der Waals surface area contributed by atoms with Crippen molar-refractivity contribution >= 4 is 23.9 Å². The van der Waals surface area contributed by atoms with Gasteiger partial charge in [-0.25, -0.2) is 19.2 Å². The van der Waals surface area contributed by atoms with Crippen LogP contribution in [0, 0.1) is 20.8 Å². The number of esters is 1. The normalized spacial score (nSPS) is 10.8. The topological polar surface area (TPSA) is 148 Å². The van der Waals surface area contributed by atoms with Crippen molar-refractivity contribution in [3.05, 3.63) is 106 Å². The van der Waals surface area contributed by atoms with Crippen molar-refractivity contribution in [1.82, 2.24) is 9.13 Å². The molecule has 38 heavy (non-hydrogen) atoms. The van der Waals surface area contributed by atoms with Crippen LogP contribution in [0.25, 0.3) is 11.4 Å². The summed E-state index contributed by atoms with van der Waals surface area (Å²) < 4.78 is 8.78. The van der Waals surface area contributed by atoms with Gasteiger partial charge in [-0.05, 0) is 81.4 Å². The first-order valence-corrected chi connectivity index (χ1v) is 11.5. The molecule has 4 rings (SSSR count). The van der Waals surface area contributed by atoms with E-state index in [1.54, 1.807) is 23.6 Å². The van der Waals surface area contributed by atoms with E-state index in [4.69, 9.17) is 4.74 Å². The van der Waals surface area contributed by atoms with Crippen molar-refractivity contribution in [2.45, 2.75) is 27.4 Å². The van der Waals surface area contributed by atoms with Crippen LogP contribution in [-0.2, 0) is 11.3 Å². The fourth-order valence-electron chi connectivity index (χ4n) is 4.38. The van der Waals surface area contributed by atoms with Gasteiger partial charge in [0, 0.05) is 17.1 Å². The Morgan fingerprint density at radius 3 is 1.66 bits per heavy atom. The smallest absolute Gasteiger partial charge is 0.338 e. The highest BCUT2D eigenvalue weighted by Crippen LogP contribution is 2.25. The van der Waals surface area contributed by atoms with Gasteiger partial charge in [-0.2, -0.15) is 0 Å². The average molecular weight is 517 g/mol. The summed E-state index contributed by atoms with van der Waals surface area (Å²) in [7, 11) is 0. The Bertz CT molecular complexity index is 1590. The van der Waals surface area contributed by atoms with E-state index in [-0.39, 0.29) is 34.5 Å². The van der Waals surface area contributed by atoms with Gasteiger partial charge in [0.1, 0.15) is 6.61 Å². The third-order valence-corrected chi connectivity index (χ3v) is 6.20. The molecule has 0 aliphatic rings. The van der Waals surface area contributed by atoms with Crippen LogP contribution in [0.2, 0.25) is 0 Å². The van der Waals surface area contributed by atoms with Gasteiger partial charge in [-0.15, -0.1) is 0 Å². The summed E-state index contributed by atoms with van der Waals surface area (Å²) in [6.07, 6.45) is 0. The van der Waals surface area contributed by atoms with Crippen molar-refractivity contribution in [3.63, 3.8) is 0 Å². The summed E-state index contributed by atoms with van der Waals surface area (Å²) in [6.45, 7) is 5.11. The number of nitrogens with zero attached hydrogens (tertiary/aromatic N) is 2. The third kappa shape index (κ3) is 4.79. The summed E-state index contributed by atoms with van der Waals surface area (Å²) >= 11 is 0. The predicted octanol–water partition coefficient (Wildman–Crippen LogP) is 4.64. The standard InChI is InChI=1S/C28H24N2O8/c1-15-4-5-16(2)29(15)23-13-19(8-11-21(23)26(33)34)28(37)38-14-20-9-6-17(3)30(20)24-12-18(25(31)32)7-10-22(24)27(35)36/h4-13H,14H2,1-3H3,(H,31,32)(H,33,34)(H,35,36). The second kappa shape index (κ2) is 10.1. The Kier molecular flexibility index (Phi) is 6.89. The molecule has 10 heteroatoms. The van der Waals surface area contributed by atoms with E-state index in [1.165, 1.54) is 41.0 Å². The lowest BCUT2D eigenvalue weighted by Crippen LogP contribution is -2.14. The second-order valence-corrected chi connectivity index (χ2v) is 8.71. The lowest BCUT2D eigenvalue weighted by molar-refractivity contribution is 0.0464. The summed E-state index contributed by atoms with van der Waals surface area (Å²) in [5.41, 5.74) is 2.99. The Hall–Kier alpha value is -5.12. The number of aromatic carboxylic acids is 3. The molecule has 2 aromatic carbocycles. The van der Waals surface area contributed by atoms with Gasteiger partial charge >= 0.3 is 23.9 Å². The lowest BCUT2D eigenvalue weighted by atomic mass is 10.1. The quantitative estimate of drug-likeness (QED) is 0.287. The number of hydrogen-bond acceptors (Lipinski definition) is 5. The Labute approximate surface area is 217 Å². The zero-order valence-electron chi connectivity index (χ0n) is 20.8. The van der Waals surface area contributed by atoms with Crippen LogP contribution in [0.5, 0.6) is 0 Å². The summed E-state index contributed by atoms with van der Waals surface area (Å²) in [6, 6.07) is 14.9. The number of carboxylic acids is 3. The number of benzene rings is 2. The van der Waals surface area contributed by atoms with Crippen LogP contribution >= 0.6 is 0 Å². The van der Waals surface area contributed by atoms with Crippen molar-refractivity contribution in [3.8, 4) is 11.4 Å². The Morgan fingerprint density at radius 2 is 1.11 bits per heavy atom. The highest BCUT2D eigenvalue weighted by atomic mass is 16.5. The first-order chi connectivity index (χ1) is 18.0. The SMILES string of the molecule is Cc1ccc(C)n1-c1cc(C(=O)OCc2ccc(C)n2-c2cc(C(=O)O)ccc2C(=O)O)ccc1C(=O)O. The predicted molar refractivity (Wildman–Crippen MR) is 136 cm³/mol. The lowest BCUT2D eigenvalue weighted by Gasteiger charge is -2.16. The maximum Gasteiger partial charge on any atom is 0.338 e. The first kappa shape index (κ1) is 26.0. The molecule has 2 heterocycles. The second-order valence-electron chi connectivity index (χ2n) is 8.71. The molecule has 0 fully saturated rings. The first-order valence-electron chi connectivity index (χ1n) is 11.5. The molecule has 0 spiro atoms. The molecule has 0 saturated carbocycles. The van der Waals surface area contributed by atoms with Gasteiger partial charge in [-0.3, -0.25) is 0 Å². The largest absolute Gasteiger partial charge is 0.478 e. The van der Waals surface area contributed by atoms with Crippen molar-refractivity contribution in [1.29, 1.82) is 0 Å². The molecule has 0 saturated heterocycles. The van der Waals surface area contributed by atoms with Crippen LogP contribution in [-0.4, -0.2) is 48.3 Å². The molecule has 3 N–H and O–H groups in total. The minimum absolute atomic E-state index is 0.0213. The maximum atomic E-state index is 13.0. The van der Waals surface area contributed by atoms with E-state index in [0.717, 1.165) is 11.4 Å². The van der Waals surface area contributed by atoms with E-state index in [9.17, 15) is 34.5 Å². The van der Waals surface area contributed by atoms with Gasteiger partial charge in [0.2, 0.25) is 0 Å². The number of rotatable bonds is 8. The number of carbonyl (C=O) groups is 4. The number of hydrogen-bond donors (Lipinski definition) is 3. The monoisotopic (exact) mass is 516 g/mol. The van der Waals surface area contributed by atoms with Gasteiger partial charge in [0.15, 0.2) is 0 Å². The summed E-state index contributed by atoms with van der Waals surface area (Å²) in [4.78, 5) is 48.2. The molecule has 10 nitrogen and oxygen atoms in total. The number of carbonyl (C=O) groups excluding carboxylic acids is 1. The fraction of sp³-hybridized carbons (Fsp3) is 0.143. The molecule has 4 aromatic rings. The van der Waals surface area contributed by atoms with Crippen molar-refractivity contribution in [2.24, 2.45) is 0 Å². The van der Waals surface area contributed by atoms with E-state index < -0.39 is 23.9 Å². The molecule has 0 aliphatic carbocycles. The van der Waals surface area contributed by atoms with Gasteiger partial charge in [0.25, 0.3) is 0 Å². The Morgan fingerprint density at radius 1 is 0.632 bits per heavy atom. The highest BCUT2D eigenvalue weighted by Gasteiger charge is 2.21.